The lowest BCUT2D eigenvalue weighted by atomic mass is 9.77. The molecule has 198 valence electrons. The quantitative estimate of drug-likeness (QED) is 0.253. The van der Waals surface area contributed by atoms with Crippen LogP contribution in [0.2, 0.25) is 0 Å². The van der Waals surface area contributed by atoms with Crippen LogP contribution in [0.15, 0.2) is 109 Å². The number of benzene rings is 4. The molecule has 0 saturated heterocycles. The molecule has 4 nitrogen and oxygen atoms in total. The van der Waals surface area contributed by atoms with E-state index < -0.39 is 17.6 Å². The van der Waals surface area contributed by atoms with Crippen LogP contribution in [0.1, 0.15) is 53.3 Å². The Kier molecular flexibility index (Phi) is 7.38. The largest absolute Gasteiger partial charge is 0.477 e. The molecule has 1 heterocycles. The first-order valence-electron chi connectivity index (χ1n) is 13.7. The van der Waals surface area contributed by atoms with Crippen molar-refractivity contribution >= 4 is 11.8 Å². The second-order valence-electron chi connectivity index (χ2n) is 10.9. The van der Waals surface area contributed by atoms with Gasteiger partial charge in [0.05, 0.1) is 5.92 Å². The smallest absolute Gasteiger partial charge is 0.362 e. The number of rotatable bonds is 8. The lowest BCUT2D eigenvalue weighted by Gasteiger charge is -2.35. The van der Waals surface area contributed by atoms with Gasteiger partial charge in [0, 0.05) is 11.1 Å². The van der Waals surface area contributed by atoms with E-state index in [9.17, 15) is 9.90 Å². The van der Waals surface area contributed by atoms with Gasteiger partial charge in [0.1, 0.15) is 13.1 Å². The zero-order chi connectivity index (χ0) is 27.6. The topological polar surface area (TPSA) is 43.5 Å². The molecule has 0 bridgehead atoms. The predicted molar refractivity (Wildman–Crippen MR) is 157 cm³/mol. The first-order valence-corrected chi connectivity index (χ1v) is 13.7. The van der Waals surface area contributed by atoms with E-state index in [2.05, 4.69) is 78.8 Å². The molecule has 5 rings (SSSR count). The molecule has 4 heteroatoms. The number of hydrogen-bond donors (Lipinski definition) is 1. The number of aryl methyl sites for hydroxylation is 2. The van der Waals surface area contributed by atoms with Gasteiger partial charge in [0.2, 0.25) is 0 Å². The van der Waals surface area contributed by atoms with Crippen LogP contribution in [0, 0.1) is 19.8 Å². The molecular weight excluding hydrogens is 480 g/mol. The molecular formula is C35H37N2O2+. The van der Waals surface area contributed by atoms with Gasteiger partial charge in [-0.05, 0) is 25.0 Å². The number of hydrogen-bond acceptors (Lipinski definition) is 2. The molecule has 0 saturated carbocycles. The molecule has 0 aliphatic carbocycles. The zero-order valence-electron chi connectivity index (χ0n) is 23.2. The van der Waals surface area contributed by atoms with E-state index in [0.717, 1.165) is 39.2 Å². The standard InChI is InChI=1S/C35H36N2O2/c1-25(2)33-36(23-28-11-7-5-8-12-28)32(30-19-15-26(3)16-20-30)35(34(38)39,31-21-17-27(4)18-22-31)37(33)24-29-13-9-6-10-14-29/h5-22,25,32H,23-24H2,1-4H3/p+1/t32-,35-/m1/s1. The highest BCUT2D eigenvalue weighted by atomic mass is 16.4. The van der Waals surface area contributed by atoms with E-state index in [1.54, 1.807) is 0 Å². The highest BCUT2D eigenvalue weighted by Crippen LogP contribution is 2.50. The van der Waals surface area contributed by atoms with Gasteiger partial charge in [-0.3, -0.25) is 0 Å². The van der Waals surface area contributed by atoms with Gasteiger partial charge in [-0.2, -0.15) is 0 Å². The van der Waals surface area contributed by atoms with Crippen molar-refractivity contribution in [1.82, 2.24) is 4.90 Å². The normalized spacial score (nSPS) is 19.1. The molecule has 1 aliphatic heterocycles. The molecule has 1 N–H and O–H groups in total. The molecule has 4 aromatic carbocycles. The average molecular weight is 518 g/mol. The average Bonchev–Trinajstić information content (AvgIpc) is 3.21. The Bertz CT molecular complexity index is 1460. The van der Waals surface area contributed by atoms with Crippen molar-refractivity contribution in [2.45, 2.75) is 52.4 Å². The Morgan fingerprint density at radius 1 is 0.795 bits per heavy atom. The van der Waals surface area contributed by atoms with Crippen LogP contribution >= 0.6 is 0 Å². The fourth-order valence-corrected chi connectivity index (χ4v) is 6.06. The predicted octanol–water partition coefficient (Wildman–Crippen LogP) is 7.11. The third kappa shape index (κ3) is 4.87. The van der Waals surface area contributed by atoms with Crippen LogP contribution in [-0.4, -0.2) is 26.4 Å². The number of carboxylic acids is 1. The summed E-state index contributed by atoms with van der Waals surface area (Å²) in [5.74, 6) is 0.287. The van der Waals surface area contributed by atoms with Gasteiger partial charge in [0.25, 0.3) is 11.4 Å². The SMILES string of the molecule is Cc1ccc([C@H]2[N+](Cc3ccccc3)=C(C(C)C)N(Cc3ccccc3)[C@]2(C(=O)O)c2ccc(C)cc2)cc1. The van der Waals surface area contributed by atoms with Crippen LogP contribution in [0.3, 0.4) is 0 Å². The van der Waals surface area contributed by atoms with Crippen LogP contribution in [0.5, 0.6) is 0 Å². The van der Waals surface area contributed by atoms with Crippen molar-refractivity contribution in [3.05, 3.63) is 143 Å². The van der Waals surface area contributed by atoms with Crippen molar-refractivity contribution in [2.24, 2.45) is 5.92 Å². The fraction of sp³-hybridized carbons (Fsp3) is 0.257. The first kappa shape index (κ1) is 26.4. The molecule has 0 unspecified atom stereocenters. The van der Waals surface area contributed by atoms with Crippen LogP contribution in [0.4, 0.5) is 0 Å². The maximum absolute atomic E-state index is 13.9. The highest BCUT2D eigenvalue weighted by molar-refractivity contribution is 5.92. The van der Waals surface area contributed by atoms with Gasteiger partial charge in [0.15, 0.2) is 6.04 Å². The van der Waals surface area contributed by atoms with E-state index in [1.165, 1.54) is 0 Å². The summed E-state index contributed by atoms with van der Waals surface area (Å²) in [5, 5.41) is 11.4. The lowest BCUT2D eigenvalue weighted by molar-refractivity contribution is -0.588. The molecule has 0 radical (unpaired) electrons. The van der Waals surface area contributed by atoms with Crippen molar-refractivity contribution in [3.63, 3.8) is 0 Å². The van der Waals surface area contributed by atoms with Crippen molar-refractivity contribution in [2.75, 3.05) is 0 Å². The number of carboxylic acid groups (broad SMARTS) is 1. The summed E-state index contributed by atoms with van der Waals surface area (Å²) in [6, 6.07) is 36.6. The molecule has 1 aliphatic rings. The second-order valence-corrected chi connectivity index (χ2v) is 10.9. The van der Waals surface area contributed by atoms with Gasteiger partial charge in [-0.15, -0.1) is 0 Å². The summed E-state index contributed by atoms with van der Waals surface area (Å²) in [7, 11) is 0. The van der Waals surface area contributed by atoms with Crippen molar-refractivity contribution in [3.8, 4) is 0 Å². The third-order valence-electron chi connectivity index (χ3n) is 7.81. The van der Waals surface area contributed by atoms with Crippen LogP contribution in [0.25, 0.3) is 0 Å². The summed E-state index contributed by atoms with van der Waals surface area (Å²) in [6.07, 6.45) is 0. The second kappa shape index (κ2) is 10.9. The minimum Gasteiger partial charge on any atom is -0.477 e. The Balaban J connectivity index is 1.84. The zero-order valence-corrected chi connectivity index (χ0v) is 23.2. The summed E-state index contributed by atoms with van der Waals surface area (Å²) >= 11 is 0. The van der Waals surface area contributed by atoms with Gasteiger partial charge in [-0.1, -0.05) is 134 Å². The number of carbonyl (C=O) groups is 1. The monoisotopic (exact) mass is 517 g/mol. The van der Waals surface area contributed by atoms with Gasteiger partial charge < -0.3 is 5.11 Å². The molecule has 0 amide bonds. The van der Waals surface area contributed by atoms with E-state index in [1.807, 2.05) is 67.6 Å². The Morgan fingerprint density at radius 3 is 1.82 bits per heavy atom. The van der Waals surface area contributed by atoms with Crippen LogP contribution in [-0.2, 0) is 23.4 Å². The minimum atomic E-state index is -1.34. The Hall–Kier alpha value is -4.18. The van der Waals surface area contributed by atoms with Crippen molar-refractivity contribution in [1.29, 1.82) is 0 Å². The van der Waals surface area contributed by atoms with Crippen LogP contribution < -0.4 is 0 Å². The maximum Gasteiger partial charge on any atom is 0.362 e. The summed E-state index contributed by atoms with van der Waals surface area (Å²) in [4.78, 5) is 16.1. The van der Waals surface area contributed by atoms with E-state index in [0.29, 0.717) is 13.1 Å². The Morgan fingerprint density at radius 2 is 1.31 bits per heavy atom. The number of nitrogens with zero attached hydrogens (tertiary/aromatic N) is 2. The van der Waals surface area contributed by atoms with E-state index >= 15 is 0 Å². The summed E-state index contributed by atoms with van der Waals surface area (Å²) in [6.45, 7) is 9.55. The molecule has 39 heavy (non-hydrogen) atoms. The lowest BCUT2D eigenvalue weighted by Crippen LogP contribution is -2.54. The molecule has 0 fully saturated rings. The molecule has 0 aromatic heterocycles. The van der Waals surface area contributed by atoms with Gasteiger partial charge in [-0.25, -0.2) is 14.3 Å². The van der Waals surface area contributed by atoms with E-state index in [4.69, 9.17) is 0 Å². The van der Waals surface area contributed by atoms with Gasteiger partial charge >= 0.3 is 5.97 Å². The summed E-state index contributed by atoms with van der Waals surface area (Å²) in [5.41, 5.74) is 4.93. The summed E-state index contributed by atoms with van der Waals surface area (Å²) < 4.78 is 2.35. The fourth-order valence-electron chi connectivity index (χ4n) is 6.06. The maximum atomic E-state index is 13.9. The highest BCUT2D eigenvalue weighted by Gasteiger charge is 2.67. The first-order chi connectivity index (χ1) is 18.8. The molecule has 4 aromatic rings. The number of amidine groups is 1. The number of aliphatic carboxylic acids is 1. The molecule has 0 spiro atoms. The van der Waals surface area contributed by atoms with Crippen molar-refractivity contribution < 1.29 is 14.5 Å². The van der Waals surface area contributed by atoms with E-state index in [-0.39, 0.29) is 5.92 Å². The minimum absolute atomic E-state index is 0.0945. The third-order valence-corrected chi connectivity index (χ3v) is 7.81. The Labute approximate surface area is 231 Å². The molecule has 2 atom stereocenters.